The molecule has 2 amide bonds. The molecule has 0 aliphatic heterocycles. The summed E-state index contributed by atoms with van der Waals surface area (Å²) < 4.78 is 0. The van der Waals surface area contributed by atoms with E-state index in [-0.39, 0.29) is 7.43 Å². The zero-order chi connectivity index (χ0) is 22.2. The van der Waals surface area contributed by atoms with Gasteiger partial charge in [0, 0.05) is 29.3 Å². The Morgan fingerprint density at radius 3 is 2.06 bits per heavy atom. The molecule has 0 radical (unpaired) electrons. The molecule has 2 atom stereocenters. The van der Waals surface area contributed by atoms with Gasteiger partial charge >= 0.3 is 0 Å². The van der Waals surface area contributed by atoms with Gasteiger partial charge in [0.2, 0.25) is 0 Å². The zero-order valence-electron chi connectivity index (χ0n) is 17.4. The van der Waals surface area contributed by atoms with Gasteiger partial charge in [0.25, 0.3) is 11.8 Å². The SMILES string of the molecule is C.C[C@@H](O)[C@H](NC(=O)c1ccc(C#Cc2ccc(CNC3CCC3)cc2)cc1)C(=O)NO. The predicted octanol–water partition coefficient (Wildman–Crippen LogP) is 2.35. The van der Waals surface area contributed by atoms with Crippen LogP contribution in [0.2, 0.25) is 0 Å². The first-order chi connectivity index (χ1) is 15.0. The summed E-state index contributed by atoms with van der Waals surface area (Å²) >= 11 is 0. The van der Waals surface area contributed by atoms with Crippen LogP contribution in [0, 0.1) is 11.8 Å². The van der Waals surface area contributed by atoms with E-state index >= 15 is 0 Å². The number of aliphatic hydroxyl groups is 1. The van der Waals surface area contributed by atoms with Gasteiger partial charge < -0.3 is 15.7 Å². The summed E-state index contributed by atoms with van der Waals surface area (Å²) in [5.74, 6) is 4.74. The molecule has 0 saturated heterocycles. The number of benzene rings is 2. The Bertz CT molecular complexity index is 955. The van der Waals surface area contributed by atoms with E-state index in [1.165, 1.54) is 37.2 Å². The smallest absolute Gasteiger partial charge is 0.268 e. The molecule has 2 aromatic rings. The Balaban J connectivity index is 0.00000363. The summed E-state index contributed by atoms with van der Waals surface area (Å²) in [5.41, 5.74) is 4.62. The molecule has 1 saturated carbocycles. The van der Waals surface area contributed by atoms with Crippen molar-refractivity contribution in [2.45, 2.75) is 58.3 Å². The molecule has 0 unspecified atom stereocenters. The van der Waals surface area contributed by atoms with Gasteiger partial charge in [-0.05, 0) is 61.7 Å². The number of hydrogen-bond acceptors (Lipinski definition) is 5. The summed E-state index contributed by atoms with van der Waals surface area (Å²) in [7, 11) is 0. The maximum atomic E-state index is 12.3. The standard InChI is InChI=1S/C24H27N3O4.CH4/c1-16(28)22(24(30)27-31)26-23(29)20-13-11-18(12-14-20)6-5-17-7-9-19(10-8-17)15-25-21-3-2-4-21;/h7-14,16,21-22,25,28,31H,2-4,15H2,1H3,(H,26,29)(H,27,30);1H4/t16-,22+;/m1./s1. The highest BCUT2D eigenvalue weighted by Gasteiger charge is 2.25. The molecular weight excluding hydrogens is 406 g/mol. The number of amides is 2. The van der Waals surface area contributed by atoms with Gasteiger partial charge in [-0.3, -0.25) is 14.8 Å². The number of nitrogens with one attached hydrogen (secondary N) is 3. The lowest BCUT2D eigenvalue weighted by Crippen LogP contribution is -2.51. The van der Waals surface area contributed by atoms with Crippen LogP contribution in [0.1, 0.15) is 60.7 Å². The summed E-state index contributed by atoms with van der Waals surface area (Å²) in [5, 5.41) is 24.3. The number of carbonyl (C=O) groups is 2. The van der Waals surface area contributed by atoms with Crippen LogP contribution in [0.5, 0.6) is 0 Å². The Labute approximate surface area is 189 Å². The van der Waals surface area contributed by atoms with Gasteiger partial charge in [0.1, 0.15) is 6.04 Å². The van der Waals surface area contributed by atoms with Crippen molar-refractivity contribution >= 4 is 11.8 Å². The molecule has 0 aromatic heterocycles. The van der Waals surface area contributed by atoms with Crippen LogP contribution in [0.4, 0.5) is 0 Å². The molecular formula is C25H31N3O4. The van der Waals surface area contributed by atoms with E-state index in [4.69, 9.17) is 5.21 Å². The minimum Gasteiger partial charge on any atom is -0.391 e. The fourth-order valence-corrected chi connectivity index (χ4v) is 3.13. The fourth-order valence-electron chi connectivity index (χ4n) is 3.13. The largest absolute Gasteiger partial charge is 0.391 e. The van der Waals surface area contributed by atoms with Crippen molar-refractivity contribution in [3.8, 4) is 11.8 Å². The van der Waals surface area contributed by atoms with Gasteiger partial charge in [-0.25, -0.2) is 5.48 Å². The summed E-state index contributed by atoms with van der Waals surface area (Å²) in [6, 6.07) is 14.1. The first kappa shape index (κ1) is 25.1. The second-order valence-electron chi connectivity index (χ2n) is 7.70. The maximum absolute atomic E-state index is 12.3. The fraction of sp³-hybridized carbons (Fsp3) is 0.360. The van der Waals surface area contributed by atoms with Crippen molar-refractivity contribution in [2.24, 2.45) is 0 Å². The molecule has 1 aliphatic rings. The predicted molar refractivity (Wildman–Crippen MR) is 123 cm³/mol. The van der Waals surface area contributed by atoms with Crippen LogP contribution in [0.15, 0.2) is 48.5 Å². The molecule has 32 heavy (non-hydrogen) atoms. The molecule has 1 fully saturated rings. The molecule has 0 spiro atoms. The van der Waals surface area contributed by atoms with E-state index in [0.29, 0.717) is 11.6 Å². The quantitative estimate of drug-likeness (QED) is 0.259. The Morgan fingerprint density at radius 2 is 1.59 bits per heavy atom. The Hall–Kier alpha value is -3.18. The molecule has 170 valence electrons. The molecule has 7 nitrogen and oxygen atoms in total. The second kappa shape index (κ2) is 12.0. The van der Waals surface area contributed by atoms with E-state index in [0.717, 1.165) is 17.7 Å². The molecule has 0 bridgehead atoms. The van der Waals surface area contributed by atoms with Gasteiger partial charge in [0.05, 0.1) is 6.10 Å². The summed E-state index contributed by atoms with van der Waals surface area (Å²) in [6.45, 7) is 2.22. The summed E-state index contributed by atoms with van der Waals surface area (Å²) in [6.07, 6.45) is 2.69. The van der Waals surface area contributed by atoms with E-state index in [2.05, 4.69) is 34.6 Å². The number of rotatable bonds is 7. The maximum Gasteiger partial charge on any atom is 0.268 e. The number of carbonyl (C=O) groups excluding carboxylic acids is 2. The van der Waals surface area contributed by atoms with Gasteiger partial charge in [-0.1, -0.05) is 37.8 Å². The number of hydrogen-bond donors (Lipinski definition) is 5. The van der Waals surface area contributed by atoms with Crippen LogP contribution in [0.25, 0.3) is 0 Å². The van der Waals surface area contributed by atoms with Crippen molar-refractivity contribution in [2.75, 3.05) is 0 Å². The van der Waals surface area contributed by atoms with Crippen molar-refractivity contribution < 1.29 is 19.9 Å². The van der Waals surface area contributed by atoms with Gasteiger partial charge in [-0.2, -0.15) is 0 Å². The van der Waals surface area contributed by atoms with Crippen LogP contribution < -0.4 is 16.1 Å². The van der Waals surface area contributed by atoms with Crippen molar-refractivity contribution in [1.82, 2.24) is 16.1 Å². The zero-order valence-corrected chi connectivity index (χ0v) is 17.4. The normalized spacial score (nSPS) is 14.6. The molecule has 1 aliphatic carbocycles. The monoisotopic (exact) mass is 437 g/mol. The molecule has 0 heterocycles. The Morgan fingerprint density at radius 1 is 1.03 bits per heavy atom. The topological polar surface area (TPSA) is 111 Å². The molecule has 7 heteroatoms. The number of hydroxylamine groups is 1. The van der Waals surface area contributed by atoms with Crippen molar-refractivity contribution in [1.29, 1.82) is 0 Å². The van der Waals surface area contributed by atoms with Gasteiger partial charge in [-0.15, -0.1) is 0 Å². The third-order valence-corrected chi connectivity index (χ3v) is 5.31. The lowest BCUT2D eigenvalue weighted by atomic mass is 9.93. The molecule has 2 aromatic carbocycles. The van der Waals surface area contributed by atoms with E-state index in [1.807, 2.05) is 12.1 Å². The Kier molecular flexibility index (Phi) is 9.41. The highest BCUT2D eigenvalue weighted by atomic mass is 16.5. The highest BCUT2D eigenvalue weighted by Crippen LogP contribution is 2.18. The van der Waals surface area contributed by atoms with E-state index in [1.54, 1.807) is 24.3 Å². The average Bonchev–Trinajstić information content (AvgIpc) is 2.75. The molecule has 3 rings (SSSR count). The third-order valence-electron chi connectivity index (χ3n) is 5.31. The van der Waals surface area contributed by atoms with Crippen LogP contribution in [-0.4, -0.2) is 40.3 Å². The highest BCUT2D eigenvalue weighted by molar-refractivity contribution is 5.97. The van der Waals surface area contributed by atoms with Crippen LogP contribution in [-0.2, 0) is 11.3 Å². The minimum absolute atomic E-state index is 0. The number of aliphatic hydroxyl groups excluding tert-OH is 1. The molecule has 5 N–H and O–H groups in total. The first-order valence-corrected chi connectivity index (χ1v) is 10.3. The third kappa shape index (κ3) is 6.92. The van der Waals surface area contributed by atoms with Crippen molar-refractivity contribution in [3.63, 3.8) is 0 Å². The lowest BCUT2D eigenvalue weighted by molar-refractivity contribution is -0.133. The van der Waals surface area contributed by atoms with Crippen molar-refractivity contribution in [3.05, 3.63) is 70.8 Å². The van der Waals surface area contributed by atoms with Crippen LogP contribution in [0.3, 0.4) is 0 Å². The van der Waals surface area contributed by atoms with Gasteiger partial charge in [0.15, 0.2) is 0 Å². The first-order valence-electron chi connectivity index (χ1n) is 10.3. The lowest BCUT2D eigenvalue weighted by Gasteiger charge is -2.26. The summed E-state index contributed by atoms with van der Waals surface area (Å²) in [4.78, 5) is 23.8. The minimum atomic E-state index is -1.26. The van der Waals surface area contributed by atoms with E-state index < -0.39 is 24.0 Å². The van der Waals surface area contributed by atoms with E-state index in [9.17, 15) is 14.7 Å². The second-order valence-corrected chi connectivity index (χ2v) is 7.70. The van der Waals surface area contributed by atoms with Crippen LogP contribution >= 0.6 is 0 Å². The average molecular weight is 438 g/mol.